The molecule has 1 unspecified atom stereocenters. The van der Waals surface area contributed by atoms with Gasteiger partial charge in [-0.2, -0.15) is 0 Å². The van der Waals surface area contributed by atoms with Crippen molar-refractivity contribution in [1.29, 1.82) is 0 Å². The van der Waals surface area contributed by atoms with E-state index in [4.69, 9.17) is 4.74 Å². The number of imidazole rings is 1. The van der Waals surface area contributed by atoms with Crippen LogP contribution in [0.1, 0.15) is 12.8 Å². The molecule has 0 amide bonds. The minimum absolute atomic E-state index is 0.421. The van der Waals surface area contributed by atoms with Crippen molar-refractivity contribution in [2.75, 3.05) is 19.7 Å². The first-order valence-electron chi connectivity index (χ1n) is 6.66. The van der Waals surface area contributed by atoms with Crippen LogP contribution in [0, 0.1) is 0 Å². The maximum atomic E-state index is 5.58. The van der Waals surface area contributed by atoms with Gasteiger partial charge in [0.25, 0.3) is 0 Å². The Morgan fingerprint density at radius 1 is 1.39 bits per heavy atom. The molecule has 1 aromatic heterocycles. The molecule has 0 aliphatic carbocycles. The van der Waals surface area contributed by atoms with Crippen LogP contribution in [0.25, 0.3) is 11.0 Å². The van der Waals surface area contributed by atoms with Crippen LogP contribution in [0.5, 0.6) is 0 Å². The van der Waals surface area contributed by atoms with Crippen molar-refractivity contribution in [1.82, 2.24) is 14.9 Å². The van der Waals surface area contributed by atoms with Crippen molar-refractivity contribution < 1.29 is 4.74 Å². The van der Waals surface area contributed by atoms with Crippen LogP contribution in [0.2, 0.25) is 0 Å². The van der Waals surface area contributed by atoms with Gasteiger partial charge in [-0.15, -0.1) is 0 Å². The van der Waals surface area contributed by atoms with Gasteiger partial charge in [0, 0.05) is 26.2 Å². The standard InChI is InChI=1S/C14H19N3O/c1-2-6-14-13(5-1)16-11-17(14)8-7-15-10-12-4-3-9-18-12/h1-2,5-6,11-12,15H,3-4,7-10H2. The molecule has 2 heterocycles. The molecule has 1 N–H and O–H groups in total. The van der Waals surface area contributed by atoms with Gasteiger partial charge in [0.1, 0.15) is 0 Å². The summed E-state index contributed by atoms with van der Waals surface area (Å²) in [6.45, 7) is 3.80. The van der Waals surface area contributed by atoms with Crippen LogP contribution in [-0.2, 0) is 11.3 Å². The normalized spacial score (nSPS) is 19.7. The molecule has 2 aromatic rings. The van der Waals surface area contributed by atoms with Crippen LogP contribution in [0.4, 0.5) is 0 Å². The maximum absolute atomic E-state index is 5.58. The van der Waals surface area contributed by atoms with Crippen molar-refractivity contribution >= 4 is 11.0 Å². The maximum Gasteiger partial charge on any atom is 0.0958 e. The fourth-order valence-electron chi connectivity index (χ4n) is 2.46. The van der Waals surface area contributed by atoms with Crippen molar-refractivity contribution in [2.24, 2.45) is 0 Å². The summed E-state index contributed by atoms with van der Waals surface area (Å²) < 4.78 is 7.77. The van der Waals surface area contributed by atoms with Gasteiger partial charge in [-0.25, -0.2) is 4.98 Å². The van der Waals surface area contributed by atoms with E-state index in [-0.39, 0.29) is 0 Å². The summed E-state index contributed by atoms with van der Waals surface area (Å²) in [6, 6.07) is 8.24. The molecular formula is C14H19N3O. The molecule has 1 saturated heterocycles. The van der Waals surface area contributed by atoms with Gasteiger partial charge in [-0.3, -0.25) is 0 Å². The van der Waals surface area contributed by atoms with Crippen molar-refractivity contribution in [3.63, 3.8) is 0 Å². The highest BCUT2D eigenvalue weighted by atomic mass is 16.5. The predicted molar refractivity (Wildman–Crippen MR) is 71.6 cm³/mol. The highest BCUT2D eigenvalue weighted by molar-refractivity contribution is 5.74. The molecule has 1 fully saturated rings. The minimum Gasteiger partial charge on any atom is -0.377 e. The monoisotopic (exact) mass is 245 g/mol. The first-order chi connectivity index (χ1) is 8.93. The van der Waals surface area contributed by atoms with E-state index in [9.17, 15) is 0 Å². The smallest absolute Gasteiger partial charge is 0.0958 e. The molecule has 1 atom stereocenters. The summed E-state index contributed by atoms with van der Waals surface area (Å²) >= 11 is 0. The zero-order chi connectivity index (χ0) is 12.2. The second-order valence-corrected chi connectivity index (χ2v) is 4.77. The number of hydrogen-bond donors (Lipinski definition) is 1. The fraction of sp³-hybridized carbons (Fsp3) is 0.500. The first-order valence-corrected chi connectivity index (χ1v) is 6.66. The summed E-state index contributed by atoms with van der Waals surface area (Å²) in [5.41, 5.74) is 2.27. The van der Waals surface area contributed by atoms with E-state index >= 15 is 0 Å². The number of hydrogen-bond acceptors (Lipinski definition) is 3. The number of para-hydroxylation sites is 2. The molecule has 18 heavy (non-hydrogen) atoms. The van der Waals surface area contributed by atoms with Crippen molar-refractivity contribution in [3.05, 3.63) is 30.6 Å². The summed E-state index contributed by atoms with van der Waals surface area (Å²) in [7, 11) is 0. The van der Waals surface area contributed by atoms with Gasteiger partial charge in [0.2, 0.25) is 0 Å². The van der Waals surface area contributed by atoms with Gasteiger partial charge in [0.05, 0.1) is 23.5 Å². The first kappa shape index (κ1) is 11.7. The average Bonchev–Trinajstić information content (AvgIpc) is 3.04. The van der Waals surface area contributed by atoms with Gasteiger partial charge in [-0.1, -0.05) is 12.1 Å². The molecule has 0 saturated carbocycles. The molecule has 1 aliphatic rings. The molecule has 3 rings (SSSR count). The minimum atomic E-state index is 0.421. The zero-order valence-corrected chi connectivity index (χ0v) is 10.5. The Morgan fingerprint density at radius 3 is 3.22 bits per heavy atom. The largest absolute Gasteiger partial charge is 0.377 e. The molecule has 0 bridgehead atoms. The molecule has 96 valence electrons. The number of benzene rings is 1. The van der Waals surface area contributed by atoms with E-state index in [0.29, 0.717) is 6.10 Å². The lowest BCUT2D eigenvalue weighted by Crippen LogP contribution is -2.28. The SMILES string of the molecule is c1ccc2c(c1)ncn2CCNCC1CCCO1. The Kier molecular flexibility index (Phi) is 3.57. The third-order valence-corrected chi connectivity index (χ3v) is 3.45. The lowest BCUT2D eigenvalue weighted by atomic mass is 10.2. The molecule has 0 radical (unpaired) electrons. The highest BCUT2D eigenvalue weighted by Crippen LogP contribution is 2.12. The second-order valence-electron chi connectivity index (χ2n) is 4.77. The summed E-state index contributed by atoms with van der Waals surface area (Å²) in [5.74, 6) is 0. The fourth-order valence-corrected chi connectivity index (χ4v) is 2.46. The number of fused-ring (bicyclic) bond motifs is 1. The zero-order valence-electron chi connectivity index (χ0n) is 10.5. The predicted octanol–water partition coefficient (Wildman–Crippen LogP) is 1.80. The Morgan fingerprint density at radius 2 is 2.33 bits per heavy atom. The summed E-state index contributed by atoms with van der Waals surface area (Å²) in [6.07, 6.45) is 4.74. The van der Waals surface area contributed by atoms with Gasteiger partial charge in [0.15, 0.2) is 0 Å². The number of ether oxygens (including phenoxy) is 1. The summed E-state index contributed by atoms with van der Waals surface area (Å²) in [5, 5.41) is 3.46. The quantitative estimate of drug-likeness (QED) is 0.816. The van der Waals surface area contributed by atoms with E-state index in [1.165, 1.54) is 18.4 Å². The van der Waals surface area contributed by atoms with Crippen LogP contribution in [0.15, 0.2) is 30.6 Å². The molecular weight excluding hydrogens is 226 g/mol. The third-order valence-electron chi connectivity index (χ3n) is 3.45. The Labute approximate surface area is 107 Å². The average molecular weight is 245 g/mol. The molecule has 4 heteroatoms. The number of nitrogens with one attached hydrogen (secondary N) is 1. The Bertz CT molecular complexity index is 502. The van der Waals surface area contributed by atoms with E-state index in [0.717, 1.165) is 31.8 Å². The highest BCUT2D eigenvalue weighted by Gasteiger charge is 2.14. The van der Waals surface area contributed by atoms with E-state index in [1.54, 1.807) is 0 Å². The second kappa shape index (κ2) is 5.50. The molecule has 1 aromatic carbocycles. The van der Waals surface area contributed by atoms with Crippen molar-refractivity contribution in [3.8, 4) is 0 Å². The van der Waals surface area contributed by atoms with Gasteiger partial charge in [-0.05, 0) is 25.0 Å². The van der Waals surface area contributed by atoms with E-state index < -0.39 is 0 Å². The lowest BCUT2D eigenvalue weighted by molar-refractivity contribution is 0.110. The van der Waals surface area contributed by atoms with Crippen LogP contribution in [0.3, 0.4) is 0 Å². The lowest BCUT2D eigenvalue weighted by Gasteiger charge is -2.11. The Hall–Kier alpha value is -1.39. The van der Waals surface area contributed by atoms with Crippen LogP contribution >= 0.6 is 0 Å². The third kappa shape index (κ3) is 2.54. The molecule has 1 aliphatic heterocycles. The summed E-state index contributed by atoms with van der Waals surface area (Å²) in [4.78, 5) is 4.39. The van der Waals surface area contributed by atoms with Gasteiger partial charge >= 0.3 is 0 Å². The number of nitrogens with zero attached hydrogens (tertiary/aromatic N) is 2. The van der Waals surface area contributed by atoms with Crippen LogP contribution < -0.4 is 5.32 Å². The molecule has 4 nitrogen and oxygen atoms in total. The van der Waals surface area contributed by atoms with E-state index in [2.05, 4.69) is 27.0 Å². The molecule has 0 spiro atoms. The van der Waals surface area contributed by atoms with E-state index in [1.807, 2.05) is 18.5 Å². The topological polar surface area (TPSA) is 39.1 Å². The number of rotatable bonds is 5. The van der Waals surface area contributed by atoms with Crippen LogP contribution in [-0.4, -0.2) is 35.4 Å². The van der Waals surface area contributed by atoms with Gasteiger partial charge < -0.3 is 14.6 Å². The Balaban J connectivity index is 1.50. The number of aromatic nitrogens is 2. The van der Waals surface area contributed by atoms with Crippen molar-refractivity contribution in [2.45, 2.75) is 25.5 Å².